The molecule has 2 nitrogen and oxygen atoms in total. The molecule has 0 saturated heterocycles. The van der Waals surface area contributed by atoms with E-state index < -0.39 is 5.97 Å². The number of carboxylic acid groups (broad SMARTS) is 1. The molecule has 2 rings (SSSR count). The van der Waals surface area contributed by atoms with Crippen molar-refractivity contribution in [1.29, 1.82) is 0 Å². The minimum atomic E-state index is -0.839. The van der Waals surface area contributed by atoms with Gasteiger partial charge in [-0.25, -0.2) is 4.79 Å². The van der Waals surface area contributed by atoms with Gasteiger partial charge in [0.25, 0.3) is 0 Å². The fourth-order valence-corrected chi connectivity index (χ4v) is 3.76. The largest absolute Gasteiger partial charge is 0.478 e. The van der Waals surface area contributed by atoms with Gasteiger partial charge in [-0.1, -0.05) is 11.6 Å². The van der Waals surface area contributed by atoms with E-state index in [1.165, 1.54) is 4.88 Å². The van der Waals surface area contributed by atoms with Crippen molar-refractivity contribution in [1.82, 2.24) is 0 Å². The second-order valence-corrected chi connectivity index (χ2v) is 6.85. The first-order valence-electron chi connectivity index (χ1n) is 5.13. The highest BCUT2D eigenvalue weighted by Gasteiger charge is 2.13. The fourth-order valence-electron chi connectivity index (χ4n) is 1.65. The number of carbonyl (C=O) groups is 1. The minimum Gasteiger partial charge on any atom is -0.478 e. The molecule has 0 bridgehead atoms. The van der Waals surface area contributed by atoms with Crippen LogP contribution in [0, 0.1) is 6.92 Å². The summed E-state index contributed by atoms with van der Waals surface area (Å²) in [4.78, 5) is 14.2. The van der Waals surface area contributed by atoms with Crippen LogP contribution in [0.1, 0.15) is 25.0 Å². The van der Waals surface area contributed by atoms with Gasteiger partial charge in [0, 0.05) is 14.6 Å². The highest BCUT2D eigenvalue weighted by atomic mass is 35.5. The van der Waals surface area contributed by atoms with Crippen LogP contribution in [-0.2, 0) is 12.8 Å². The maximum absolute atomic E-state index is 11.0. The molecule has 0 saturated carbocycles. The van der Waals surface area contributed by atoms with E-state index in [9.17, 15) is 4.79 Å². The summed E-state index contributed by atoms with van der Waals surface area (Å²) in [6.07, 6.45) is 1.61. The van der Waals surface area contributed by atoms with E-state index in [4.69, 9.17) is 16.7 Å². The van der Waals surface area contributed by atoms with Gasteiger partial charge in [-0.05, 0) is 38.0 Å². The topological polar surface area (TPSA) is 37.3 Å². The monoisotopic (exact) mass is 286 g/mol. The molecule has 0 atom stereocenters. The quantitative estimate of drug-likeness (QED) is 0.912. The highest BCUT2D eigenvalue weighted by molar-refractivity contribution is 7.16. The Balaban J connectivity index is 2.11. The van der Waals surface area contributed by atoms with Gasteiger partial charge in [0.05, 0.1) is 9.90 Å². The third-order valence-corrected chi connectivity index (χ3v) is 4.79. The predicted octanol–water partition coefficient (Wildman–Crippen LogP) is 4.25. The normalized spacial score (nSPS) is 10.7. The fraction of sp³-hybridized carbons (Fsp3) is 0.250. The zero-order valence-corrected chi connectivity index (χ0v) is 11.6. The number of thiophene rings is 2. The average Bonchev–Trinajstić information content (AvgIpc) is 2.82. The van der Waals surface area contributed by atoms with Crippen molar-refractivity contribution in [2.75, 3.05) is 0 Å². The van der Waals surface area contributed by atoms with E-state index in [0.717, 1.165) is 26.9 Å². The SMILES string of the molecule is Cc1cc(C(=O)O)c(CCc2ccc(Cl)s2)s1. The summed E-state index contributed by atoms with van der Waals surface area (Å²) in [6.45, 7) is 1.93. The minimum absolute atomic E-state index is 0.440. The van der Waals surface area contributed by atoms with Gasteiger partial charge in [-0.3, -0.25) is 0 Å². The van der Waals surface area contributed by atoms with Crippen LogP contribution < -0.4 is 0 Å². The summed E-state index contributed by atoms with van der Waals surface area (Å²) in [5.41, 5.74) is 0.440. The van der Waals surface area contributed by atoms with Gasteiger partial charge in [-0.15, -0.1) is 22.7 Å². The van der Waals surface area contributed by atoms with Crippen molar-refractivity contribution >= 4 is 40.2 Å². The molecule has 1 N–H and O–H groups in total. The Morgan fingerprint density at radius 3 is 2.71 bits per heavy atom. The molecular formula is C12H11ClO2S2. The Morgan fingerprint density at radius 1 is 1.35 bits per heavy atom. The molecule has 0 aromatic carbocycles. The first kappa shape index (κ1) is 12.6. The summed E-state index contributed by atoms with van der Waals surface area (Å²) in [7, 11) is 0. The van der Waals surface area contributed by atoms with Crippen LogP contribution in [-0.4, -0.2) is 11.1 Å². The molecule has 2 heterocycles. The Bertz CT molecular complexity index is 542. The van der Waals surface area contributed by atoms with Crippen LogP contribution in [0.25, 0.3) is 0 Å². The summed E-state index contributed by atoms with van der Waals surface area (Å²) in [6, 6.07) is 5.61. The summed E-state index contributed by atoms with van der Waals surface area (Å²) < 4.78 is 0.779. The van der Waals surface area contributed by atoms with Crippen LogP contribution in [0.15, 0.2) is 18.2 Å². The molecule has 2 aromatic heterocycles. The van der Waals surface area contributed by atoms with Crippen molar-refractivity contribution in [3.63, 3.8) is 0 Å². The molecular weight excluding hydrogens is 276 g/mol. The van der Waals surface area contributed by atoms with E-state index in [0.29, 0.717) is 5.56 Å². The Morgan fingerprint density at radius 2 is 2.12 bits per heavy atom. The van der Waals surface area contributed by atoms with Crippen LogP contribution in [0.2, 0.25) is 4.34 Å². The second-order valence-electron chi connectivity index (χ2n) is 3.70. The average molecular weight is 287 g/mol. The number of hydrogen-bond acceptors (Lipinski definition) is 3. The van der Waals surface area contributed by atoms with Crippen LogP contribution in [0.4, 0.5) is 0 Å². The number of rotatable bonds is 4. The molecule has 0 radical (unpaired) electrons. The van der Waals surface area contributed by atoms with E-state index in [1.807, 2.05) is 19.1 Å². The Hall–Kier alpha value is -0.840. The van der Waals surface area contributed by atoms with Crippen molar-refractivity contribution in [3.05, 3.63) is 42.7 Å². The summed E-state index contributed by atoms with van der Waals surface area (Å²) in [5.74, 6) is -0.839. The van der Waals surface area contributed by atoms with Crippen molar-refractivity contribution < 1.29 is 9.90 Å². The molecule has 0 aliphatic carbocycles. The van der Waals surface area contributed by atoms with Crippen molar-refractivity contribution in [2.24, 2.45) is 0 Å². The molecule has 17 heavy (non-hydrogen) atoms. The first-order chi connectivity index (χ1) is 8.06. The lowest BCUT2D eigenvalue weighted by molar-refractivity contribution is 0.0696. The predicted molar refractivity (Wildman–Crippen MR) is 72.8 cm³/mol. The molecule has 0 aliphatic rings. The van der Waals surface area contributed by atoms with Gasteiger partial charge < -0.3 is 5.11 Å². The van der Waals surface area contributed by atoms with Gasteiger partial charge >= 0.3 is 5.97 Å². The first-order valence-corrected chi connectivity index (χ1v) is 7.14. The molecule has 0 unspecified atom stereocenters. The molecule has 0 amide bonds. The molecule has 2 aromatic rings. The van der Waals surface area contributed by atoms with Crippen LogP contribution >= 0.6 is 34.3 Å². The highest BCUT2D eigenvalue weighted by Crippen LogP contribution is 2.26. The van der Waals surface area contributed by atoms with Gasteiger partial charge in [0.1, 0.15) is 0 Å². The summed E-state index contributed by atoms with van der Waals surface area (Å²) in [5, 5.41) is 9.07. The van der Waals surface area contributed by atoms with E-state index in [-0.39, 0.29) is 0 Å². The maximum Gasteiger partial charge on any atom is 0.336 e. The van der Waals surface area contributed by atoms with Crippen molar-refractivity contribution in [3.8, 4) is 0 Å². The molecule has 90 valence electrons. The Kier molecular flexibility index (Phi) is 3.86. The second kappa shape index (κ2) is 5.21. The molecule has 5 heteroatoms. The van der Waals surface area contributed by atoms with Gasteiger partial charge in [-0.2, -0.15) is 0 Å². The van der Waals surface area contributed by atoms with E-state index >= 15 is 0 Å². The van der Waals surface area contributed by atoms with E-state index in [2.05, 4.69) is 0 Å². The standard InChI is InChI=1S/C12H11ClO2S2/c1-7-6-9(12(14)15)10(16-7)4-2-8-3-5-11(13)17-8/h3,5-6H,2,4H2,1H3,(H,14,15). The molecule has 0 fully saturated rings. The zero-order valence-electron chi connectivity index (χ0n) is 9.20. The number of halogens is 1. The zero-order chi connectivity index (χ0) is 12.4. The Labute approximate surface area is 112 Å². The van der Waals surface area contributed by atoms with E-state index in [1.54, 1.807) is 28.7 Å². The lowest BCUT2D eigenvalue weighted by atomic mass is 10.1. The third kappa shape index (κ3) is 3.09. The smallest absolute Gasteiger partial charge is 0.336 e. The number of carboxylic acids is 1. The van der Waals surface area contributed by atoms with Crippen molar-refractivity contribution in [2.45, 2.75) is 19.8 Å². The third-order valence-electron chi connectivity index (χ3n) is 2.39. The lowest BCUT2D eigenvalue weighted by Crippen LogP contribution is -1.99. The van der Waals surface area contributed by atoms with Crippen LogP contribution in [0.3, 0.4) is 0 Å². The number of aryl methyl sites for hydroxylation is 3. The summed E-state index contributed by atoms with van der Waals surface area (Å²) >= 11 is 8.97. The van der Waals surface area contributed by atoms with Crippen LogP contribution in [0.5, 0.6) is 0 Å². The molecule has 0 spiro atoms. The van der Waals surface area contributed by atoms with Gasteiger partial charge in [0.2, 0.25) is 0 Å². The number of hydrogen-bond donors (Lipinski definition) is 1. The van der Waals surface area contributed by atoms with Gasteiger partial charge in [0.15, 0.2) is 0 Å². The number of aromatic carboxylic acids is 1. The molecule has 0 aliphatic heterocycles. The lowest BCUT2D eigenvalue weighted by Gasteiger charge is -1.98. The maximum atomic E-state index is 11.0.